The maximum Gasteiger partial charge on any atom is 0.0717 e. The molecular weight excluding hydrogens is 222 g/mol. The minimum Gasteiger partial charge on any atom is -0.376 e. The first-order chi connectivity index (χ1) is 8.72. The van der Waals surface area contributed by atoms with Crippen LogP contribution in [0.1, 0.15) is 32.8 Å². The summed E-state index contributed by atoms with van der Waals surface area (Å²) in [5, 5.41) is 3.42. The number of hydrogen-bond acceptors (Lipinski definition) is 2. The molecule has 18 heavy (non-hydrogen) atoms. The van der Waals surface area contributed by atoms with Crippen LogP contribution in [-0.2, 0) is 11.3 Å². The third kappa shape index (κ3) is 6.77. The Balaban J connectivity index is 2.27. The molecule has 0 fully saturated rings. The molecule has 2 nitrogen and oxygen atoms in total. The molecule has 0 saturated heterocycles. The lowest BCUT2D eigenvalue weighted by molar-refractivity contribution is 0.0797. The highest BCUT2D eigenvalue weighted by molar-refractivity contribution is 5.13. The highest BCUT2D eigenvalue weighted by atomic mass is 16.5. The maximum absolute atomic E-state index is 5.84. The molecule has 0 saturated carbocycles. The monoisotopic (exact) mass is 249 g/mol. The van der Waals surface area contributed by atoms with Gasteiger partial charge in [0.25, 0.3) is 0 Å². The van der Waals surface area contributed by atoms with Crippen LogP contribution in [0.4, 0.5) is 0 Å². The van der Waals surface area contributed by atoms with Gasteiger partial charge in [0, 0.05) is 6.54 Å². The Morgan fingerprint density at radius 1 is 1.17 bits per heavy atom. The first kappa shape index (κ1) is 15.2. The van der Waals surface area contributed by atoms with Crippen molar-refractivity contribution in [3.05, 3.63) is 35.9 Å². The van der Waals surface area contributed by atoms with Gasteiger partial charge in [-0.05, 0) is 30.4 Å². The van der Waals surface area contributed by atoms with Crippen LogP contribution in [0.25, 0.3) is 0 Å². The van der Waals surface area contributed by atoms with Crippen molar-refractivity contribution in [2.75, 3.05) is 19.7 Å². The molecule has 0 heterocycles. The molecule has 0 aliphatic carbocycles. The fourth-order valence-electron chi connectivity index (χ4n) is 2.14. The number of rotatable bonds is 9. The summed E-state index contributed by atoms with van der Waals surface area (Å²) in [5.41, 5.74) is 1.25. The average molecular weight is 249 g/mol. The zero-order valence-electron chi connectivity index (χ0n) is 12.0. The quantitative estimate of drug-likeness (QED) is 0.723. The Bertz CT molecular complexity index is 297. The van der Waals surface area contributed by atoms with Crippen LogP contribution in [-0.4, -0.2) is 19.7 Å². The molecule has 0 spiro atoms. The van der Waals surface area contributed by atoms with Gasteiger partial charge in [-0.1, -0.05) is 51.1 Å². The van der Waals surface area contributed by atoms with Crippen molar-refractivity contribution < 1.29 is 4.74 Å². The summed E-state index contributed by atoms with van der Waals surface area (Å²) >= 11 is 0. The lowest BCUT2D eigenvalue weighted by atomic mass is 9.98. The molecule has 0 amide bonds. The zero-order chi connectivity index (χ0) is 13.2. The van der Waals surface area contributed by atoms with E-state index in [0.29, 0.717) is 5.92 Å². The van der Waals surface area contributed by atoms with Gasteiger partial charge in [0.1, 0.15) is 0 Å². The molecular formula is C16H27NO. The van der Waals surface area contributed by atoms with Gasteiger partial charge < -0.3 is 10.1 Å². The predicted molar refractivity (Wildman–Crippen MR) is 77.6 cm³/mol. The average Bonchev–Trinajstić information content (AvgIpc) is 2.36. The number of hydrogen-bond donors (Lipinski definition) is 1. The van der Waals surface area contributed by atoms with Crippen LogP contribution in [0.2, 0.25) is 0 Å². The molecule has 1 N–H and O–H groups in total. The number of benzene rings is 1. The van der Waals surface area contributed by atoms with E-state index in [2.05, 4.69) is 50.4 Å². The second kappa shape index (κ2) is 9.12. The van der Waals surface area contributed by atoms with E-state index in [4.69, 9.17) is 4.74 Å². The van der Waals surface area contributed by atoms with Crippen molar-refractivity contribution in [2.24, 2.45) is 11.8 Å². The van der Waals surface area contributed by atoms with E-state index in [-0.39, 0.29) is 0 Å². The Hall–Kier alpha value is -0.860. The summed E-state index contributed by atoms with van der Waals surface area (Å²) in [6.45, 7) is 10.4. The SMILES string of the molecule is CCNCC(COCc1ccccc1)CC(C)C. The first-order valence-electron chi connectivity index (χ1n) is 7.04. The second-order valence-corrected chi connectivity index (χ2v) is 5.30. The fraction of sp³-hybridized carbons (Fsp3) is 0.625. The number of ether oxygens (including phenoxy) is 1. The van der Waals surface area contributed by atoms with Gasteiger partial charge in [-0.2, -0.15) is 0 Å². The summed E-state index contributed by atoms with van der Waals surface area (Å²) in [6.07, 6.45) is 1.22. The molecule has 1 atom stereocenters. The summed E-state index contributed by atoms with van der Waals surface area (Å²) in [4.78, 5) is 0. The van der Waals surface area contributed by atoms with Gasteiger partial charge in [0.2, 0.25) is 0 Å². The van der Waals surface area contributed by atoms with E-state index in [9.17, 15) is 0 Å². The fourth-order valence-corrected chi connectivity index (χ4v) is 2.14. The highest BCUT2D eigenvalue weighted by Gasteiger charge is 2.10. The van der Waals surface area contributed by atoms with Gasteiger partial charge >= 0.3 is 0 Å². The highest BCUT2D eigenvalue weighted by Crippen LogP contribution is 2.12. The Morgan fingerprint density at radius 3 is 2.50 bits per heavy atom. The molecule has 0 bridgehead atoms. The van der Waals surface area contributed by atoms with Crippen molar-refractivity contribution >= 4 is 0 Å². The smallest absolute Gasteiger partial charge is 0.0717 e. The number of nitrogens with one attached hydrogen (secondary N) is 1. The molecule has 0 aliphatic rings. The van der Waals surface area contributed by atoms with Crippen LogP contribution in [0.15, 0.2) is 30.3 Å². The normalized spacial score (nSPS) is 12.9. The van der Waals surface area contributed by atoms with E-state index >= 15 is 0 Å². The first-order valence-corrected chi connectivity index (χ1v) is 7.04. The van der Waals surface area contributed by atoms with E-state index < -0.39 is 0 Å². The summed E-state index contributed by atoms with van der Waals surface area (Å²) in [6, 6.07) is 10.4. The molecule has 1 rings (SSSR count). The third-order valence-corrected chi connectivity index (χ3v) is 2.95. The van der Waals surface area contributed by atoms with Gasteiger partial charge in [0.15, 0.2) is 0 Å². The second-order valence-electron chi connectivity index (χ2n) is 5.30. The minimum atomic E-state index is 0.619. The third-order valence-electron chi connectivity index (χ3n) is 2.95. The van der Waals surface area contributed by atoms with Crippen molar-refractivity contribution in [3.8, 4) is 0 Å². The molecule has 1 aromatic carbocycles. The minimum absolute atomic E-state index is 0.619. The zero-order valence-corrected chi connectivity index (χ0v) is 12.0. The molecule has 0 aromatic heterocycles. The summed E-state index contributed by atoms with van der Waals surface area (Å²) < 4.78 is 5.84. The van der Waals surface area contributed by atoms with Gasteiger partial charge in [-0.25, -0.2) is 0 Å². The van der Waals surface area contributed by atoms with Crippen molar-refractivity contribution in [1.82, 2.24) is 5.32 Å². The Labute approximate surface area is 112 Å². The standard InChI is InChI=1S/C16H27NO/c1-4-17-11-16(10-14(2)3)13-18-12-15-8-6-5-7-9-15/h5-9,14,16-17H,4,10-13H2,1-3H3. The lowest BCUT2D eigenvalue weighted by Gasteiger charge is -2.19. The Morgan fingerprint density at radius 2 is 1.89 bits per heavy atom. The summed E-state index contributed by atoms with van der Waals surface area (Å²) in [7, 11) is 0. The Kier molecular flexibility index (Phi) is 7.70. The van der Waals surface area contributed by atoms with E-state index in [1.165, 1.54) is 12.0 Å². The van der Waals surface area contributed by atoms with E-state index in [1.807, 2.05) is 6.07 Å². The van der Waals surface area contributed by atoms with Crippen LogP contribution < -0.4 is 5.32 Å². The van der Waals surface area contributed by atoms with Crippen molar-refractivity contribution in [2.45, 2.75) is 33.8 Å². The lowest BCUT2D eigenvalue weighted by Crippen LogP contribution is -2.27. The van der Waals surface area contributed by atoms with Crippen LogP contribution in [0.3, 0.4) is 0 Å². The summed E-state index contributed by atoms with van der Waals surface area (Å²) in [5.74, 6) is 1.35. The molecule has 0 aliphatic heterocycles. The molecule has 1 aromatic rings. The maximum atomic E-state index is 5.84. The van der Waals surface area contributed by atoms with Gasteiger partial charge in [-0.3, -0.25) is 0 Å². The topological polar surface area (TPSA) is 21.3 Å². The van der Waals surface area contributed by atoms with Crippen LogP contribution in [0.5, 0.6) is 0 Å². The van der Waals surface area contributed by atoms with E-state index in [1.54, 1.807) is 0 Å². The molecule has 102 valence electrons. The molecule has 2 heteroatoms. The van der Waals surface area contributed by atoms with Crippen molar-refractivity contribution in [1.29, 1.82) is 0 Å². The predicted octanol–water partition coefficient (Wildman–Crippen LogP) is 3.48. The van der Waals surface area contributed by atoms with Crippen molar-refractivity contribution in [3.63, 3.8) is 0 Å². The van der Waals surface area contributed by atoms with Gasteiger partial charge in [0.05, 0.1) is 13.2 Å². The largest absolute Gasteiger partial charge is 0.376 e. The van der Waals surface area contributed by atoms with E-state index in [0.717, 1.165) is 32.2 Å². The van der Waals surface area contributed by atoms with Gasteiger partial charge in [-0.15, -0.1) is 0 Å². The molecule has 0 radical (unpaired) electrons. The van der Waals surface area contributed by atoms with Crippen LogP contribution in [0, 0.1) is 11.8 Å². The molecule has 1 unspecified atom stereocenters. The van der Waals surface area contributed by atoms with Crippen LogP contribution >= 0.6 is 0 Å².